The number of likely N-dealkylation sites (N-methyl/N-ethyl adjacent to an activating group) is 1. The number of benzene rings is 2. The minimum atomic E-state index is -0.343. The molecule has 0 aliphatic heterocycles. The molecule has 0 bridgehead atoms. The summed E-state index contributed by atoms with van der Waals surface area (Å²) in [6, 6.07) is 14.1. The highest BCUT2D eigenvalue weighted by Crippen LogP contribution is 2.33. The van der Waals surface area contributed by atoms with Crippen molar-refractivity contribution in [1.82, 2.24) is 24.3 Å². The third kappa shape index (κ3) is 3.58. The number of hydrogen-bond acceptors (Lipinski definition) is 4. The number of halogens is 2. The minimum Gasteiger partial charge on any atom is -0.347 e. The first-order valence-corrected chi connectivity index (χ1v) is 9.81. The van der Waals surface area contributed by atoms with E-state index in [1.165, 1.54) is 20.4 Å². The molecule has 4 aromatic rings. The molecule has 0 aliphatic rings. The van der Waals surface area contributed by atoms with Gasteiger partial charge in [-0.05, 0) is 35.4 Å². The van der Waals surface area contributed by atoms with Crippen molar-refractivity contribution in [2.45, 2.75) is 6.54 Å². The highest BCUT2D eigenvalue weighted by molar-refractivity contribution is 6.31. The van der Waals surface area contributed by atoms with Gasteiger partial charge in [-0.1, -0.05) is 47.5 Å². The second-order valence-corrected chi connectivity index (χ2v) is 7.79. The SMILES string of the molecule is CN(C)C(=O)Cn1c(=O)c(-c2ccc(Cl)cc2)c(-c2ccc(Cl)cc2)c2nncn21. The smallest absolute Gasteiger partial charge is 0.274 e. The van der Waals surface area contributed by atoms with Gasteiger partial charge in [0.25, 0.3) is 5.56 Å². The third-order valence-electron chi connectivity index (χ3n) is 4.76. The fourth-order valence-electron chi connectivity index (χ4n) is 3.21. The van der Waals surface area contributed by atoms with Crippen molar-refractivity contribution < 1.29 is 4.79 Å². The molecule has 0 aliphatic carbocycles. The van der Waals surface area contributed by atoms with E-state index in [1.807, 2.05) is 12.1 Å². The Hall–Kier alpha value is -3.16. The fraction of sp³-hybridized carbons (Fsp3) is 0.143. The molecule has 7 nitrogen and oxygen atoms in total. The van der Waals surface area contributed by atoms with Crippen LogP contribution in [0.5, 0.6) is 0 Å². The summed E-state index contributed by atoms with van der Waals surface area (Å²) in [5.74, 6) is -0.228. The van der Waals surface area contributed by atoms with Crippen LogP contribution in [0.3, 0.4) is 0 Å². The molecule has 0 atom stereocenters. The molecule has 4 rings (SSSR count). The van der Waals surface area contributed by atoms with Gasteiger partial charge in [0.2, 0.25) is 5.91 Å². The number of amides is 1. The zero-order valence-corrected chi connectivity index (χ0v) is 17.7. The van der Waals surface area contributed by atoms with Crippen LogP contribution in [-0.2, 0) is 11.3 Å². The van der Waals surface area contributed by atoms with Crippen molar-refractivity contribution in [3.63, 3.8) is 0 Å². The maximum Gasteiger partial charge on any atom is 0.274 e. The maximum absolute atomic E-state index is 13.6. The zero-order valence-electron chi connectivity index (χ0n) is 16.2. The maximum atomic E-state index is 13.6. The van der Waals surface area contributed by atoms with Crippen molar-refractivity contribution in [2.24, 2.45) is 0 Å². The summed E-state index contributed by atoms with van der Waals surface area (Å²) in [5.41, 5.74) is 2.53. The predicted molar refractivity (Wildman–Crippen MR) is 117 cm³/mol. The molecular formula is C21H17Cl2N5O2. The zero-order chi connectivity index (χ0) is 21.4. The number of carbonyl (C=O) groups excluding carboxylic acids is 1. The van der Waals surface area contributed by atoms with E-state index in [2.05, 4.69) is 10.2 Å². The van der Waals surface area contributed by atoms with Gasteiger partial charge in [-0.15, -0.1) is 10.2 Å². The molecule has 0 fully saturated rings. The summed E-state index contributed by atoms with van der Waals surface area (Å²) in [6.45, 7) is -0.151. The van der Waals surface area contributed by atoms with E-state index in [9.17, 15) is 9.59 Å². The van der Waals surface area contributed by atoms with Crippen LogP contribution in [0.1, 0.15) is 0 Å². The van der Waals surface area contributed by atoms with Crippen LogP contribution in [0.15, 0.2) is 59.7 Å². The van der Waals surface area contributed by atoms with Gasteiger partial charge in [-0.3, -0.25) is 9.59 Å². The quantitative estimate of drug-likeness (QED) is 0.484. The summed E-state index contributed by atoms with van der Waals surface area (Å²) in [6.07, 6.45) is 1.42. The summed E-state index contributed by atoms with van der Waals surface area (Å²) in [4.78, 5) is 27.5. The van der Waals surface area contributed by atoms with Crippen molar-refractivity contribution in [1.29, 1.82) is 0 Å². The highest BCUT2D eigenvalue weighted by Gasteiger charge is 2.22. The highest BCUT2D eigenvalue weighted by atomic mass is 35.5. The molecule has 2 heterocycles. The molecule has 0 N–H and O–H groups in total. The normalized spacial score (nSPS) is 11.1. The lowest BCUT2D eigenvalue weighted by Crippen LogP contribution is -2.35. The largest absolute Gasteiger partial charge is 0.347 e. The van der Waals surface area contributed by atoms with Crippen LogP contribution < -0.4 is 5.56 Å². The Morgan fingerprint density at radius 1 is 0.933 bits per heavy atom. The first-order chi connectivity index (χ1) is 14.4. The van der Waals surface area contributed by atoms with E-state index in [-0.39, 0.29) is 18.0 Å². The Kier molecular flexibility index (Phi) is 5.32. The van der Waals surface area contributed by atoms with Crippen molar-refractivity contribution >= 4 is 34.8 Å². The molecule has 152 valence electrons. The van der Waals surface area contributed by atoms with E-state index >= 15 is 0 Å². The summed E-state index contributed by atoms with van der Waals surface area (Å²) >= 11 is 12.1. The molecule has 30 heavy (non-hydrogen) atoms. The van der Waals surface area contributed by atoms with Gasteiger partial charge >= 0.3 is 0 Å². The Bertz CT molecular complexity index is 1290. The summed E-state index contributed by atoms with van der Waals surface area (Å²) in [7, 11) is 3.28. The van der Waals surface area contributed by atoms with E-state index in [1.54, 1.807) is 50.5 Å². The van der Waals surface area contributed by atoms with Gasteiger partial charge in [0.05, 0.1) is 5.56 Å². The van der Waals surface area contributed by atoms with Gasteiger partial charge in [-0.2, -0.15) is 0 Å². The van der Waals surface area contributed by atoms with Crippen LogP contribution in [0.25, 0.3) is 27.9 Å². The van der Waals surface area contributed by atoms with Crippen LogP contribution in [0, 0.1) is 0 Å². The fourth-order valence-corrected chi connectivity index (χ4v) is 3.46. The van der Waals surface area contributed by atoms with Crippen LogP contribution in [0.4, 0.5) is 0 Å². The van der Waals surface area contributed by atoms with Gasteiger partial charge in [0.1, 0.15) is 12.9 Å². The average Bonchev–Trinajstić information content (AvgIpc) is 3.20. The predicted octanol–water partition coefficient (Wildman–Crippen LogP) is 3.62. The second kappa shape index (κ2) is 7.93. The van der Waals surface area contributed by atoms with E-state index < -0.39 is 0 Å². The molecule has 0 unspecified atom stereocenters. The van der Waals surface area contributed by atoms with Crippen molar-refractivity contribution in [3.05, 3.63) is 75.3 Å². The molecule has 2 aromatic carbocycles. The Labute approximate surface area is 182 Å². The first-order valence-electron chi connectivity index (χ1n) is 9.05. The van der Waals surface area contributed by atoms with E-state index in [4.69, 9.17) is 23.2 Å². The molecule has 0 saturated carbocycles. The number of aromatic nitrogens is 4. The average molecular weight is 442 g/mol. The molecule has 0 radical (unpaired) electrons. The van der Waals surface area contributed by atoms with Crippen LogP contribution in [0.2, 0.25) is 10.0 Å². The van der Waals surface area contributed by atoms with E-state index in [0.29, 0.717) is 32.4 Å². The van der Waals surface area contributed by atoms with Crippen molar-refractivity contribution in [2.75, 3.05) is 14.1 Å². The lowest BCUT2D eigenvalue weighted by atomic mass is 9.96. The summed E-state index contributed by atoms with van der Waals surface area (Å²) < 4.78 is 2.84. The number of rotatable bonds is 4. The third-order valence-corrected chi connectivity index (χ3v) is 5.27. The number of nitrogens with zero attached hydrogens (tertiary/aromatic N) is 5. The van der Waals surface area contributed by atoms with Crippen molar-refractivity contribution in [3.8, 4) is 22.3 Å². The molecule has 1 amide bonds. The van der Waals surface area contributed by atoms with Gasteiger partial charge in [0.15, 0.2) is 5.65 Å². The molecule has 0 spiro atoms. The van der Waals surface area contributed by atoms with E-state index in [0.717, 1.165) is 5.56 Å². The minimum absolute atomic E-state index is 0.151. The lowest BCUT2D eigenvalue weighted by Gasteiger charge is -2.17. The summed E-state index contributed by atoms with van der Waals surface area (Å²) in [5, 5.41) is 9.37. The molecule has 0 saturated heterocycles. The topological polar surface area (TPSA) is 72.5 Å². The Morgan fingerprint density at radius 3 is 2.00 bits per heavy atom. The molecule has 9 heteroatoms. The number of fused-ring (bicyclic) bond motifs is 1. The van der Waals surface area contributed by atoms with Crippen LogP contribution in [-0.4, -0.2) is 44.3 Å². The second-order valence-electron chi connectivity index (χ2n) is 6.91. The van der Waals surface area contributed by atoms with Gasteiger partial charge < -0.3 is 4.90 Å². The van der Waals surface area contributed by atoms with Crippen LogP contribution >= 0.6 is 23.2 Å². The van der Waals surface area contributed by atoms with Gasteiger partial charge in [-0.25, -0.2) is 9.20 Å². The standard InChI is InChI=1S/C21H17Cl2N5O2/c1-26(2)17(29)11-27-21(30)19(14-5-9-16(23)10-6-14)18(20-25-24-12-28(20)27)13-3-7-15(22)8-4-13/h3-10,12H,11H2,1-2H3. The van der Waals surface area contributed by atoms with Gasteiger partial charge in [0, 0.05) is 29.7 Å². The Balaban J connectivity index is 2.09. The Morgan fingerprint density at radius 2 is 1.47 bits per heavy atom. The number of carbonyl (C=O) groups is 1. The molecule has 2 aromatic heterocycles. The first kappa shape index (κ1) is 20.1. The lowest BCUT2D eigenvalue weighted by molar-refractivity contribution is -0.129. The number of hydrogen-bond donors (Lipinski definition) is 0. The monoisotopic (exact) mass is 441 g/mol. The molecular weight excluding hydrogens is 425 g/mol.